The van der Waals surface area contributed by atoms with Crippen molar-refractivity contribution in [3.8, 4) is 6.07 Å². The normalized spacial score (nSPS) is 10.9. The van der Waals surface area contributed by atoms with E-state index in [4.69, 9.17) is 0 Å². The molecule has 3 aromatic carbocycles. The van der Waals surface area contributed by atoms with Crippen molar-refractivity contribution in [2.75, 3.05) is 15.4 Å². The molecule has 8 nitrogen and oxygen atoms in total. The van der Waals surface area contributed by atoms with Gasteiger partial charge in [0.1, 0.15) is 28.4 Å². The van der Waals surface area contributed by atoms with E-state index >= 15 is 0 Å². The number of nitriles is 1. The lowest BCUT2D eigenvalue weighted by atomic mass is 10.2. The number of benzene rings is 3. The van der Waals surface area contributed by atoms with Crippen molar-refractivity contribution in [3.63, 3.8) is 0 Å². The van der Waals surface area contributed by atoms with Gasteiger partial charge >= 0.3 is 0 Å². The summed E-state index contributed by atoms with van der Waals surface area (Å²) in [5.74, 6) is 1.85. The summed E-state index contributed by atoms with van der Waals surface area (Å²) in [5.41, 5.74) is 3.28. The minimum absolute atomic E-state index is 0.0650. The first-order valence-electron chi connectivity index (χ1n) is 10.4. The van der Waals surface area contributed by atoms with Gasteiger partial charge in [0.05, 0.1) is 5.56 Å². The largest absolute Gasteiger partial charge is 0.340 e. The molecular formula is C25H22N6O2S. The Kier molecular flexibility index (Phi) is 6.43. The van der Waals surface area contributed by atoms with Gasteiger partial charge in [-0.1, -0.05) is 29.8 Å². The fourth-order valence-corrected chi connectivity index (χ4v) is 4.47. The molecular weight excluding hydrogens is 448 g/mol. The number of nitrogens with one attached hydrogen (secondary N) is 3. The molecule has 0 spiro atoms. The van der Waals surface area contributed by atoms with Crippen molar-refractivity contribution < 1.29 is 8.42 Å². The van der Waals surface area contributed by atoms with Gasteiger partial charge < -0.3 is 10.6 Å². The number of hydrogen-bond donors (Lipinski definition) is 3. The van der Waals surface area contributed by atoms with Crippen LogP contribution in [-0.2, 0) is 10.0 Å². The second-order valence-corrected chi connectivity index (χ2v) is 9.24. The van der Waals surface area contributed by atoms with Gasteiger partial charge in [-0.2, -0.15) is 5.26 Å². The molecule has 0 atom stereocenters. The zero-order valence-electron chi connectivity index (χ0n) is 18.6. The van der Waals surface area contributed by atoms with E-state index in [0.717, 1.165) is 11.4 Å². The lowest BCUT2D eigenvalue weighted by molar-refractivity contribution is 0.601. The van der Waals surface area contributed by atoms with Crippen LogP contribution in [-0.4, -0.2) is 18.4 Å². The van der Waals surface area contributed by atoms with Crippen LogP contribution in [0.4, 0.5) is 28.7 Å². The Balaban J connectivity index is 1.48. The van der Waals surface area contributed by atoms with Crippen molar-refractivity contribution >= 4 is 38.7 Å². The molecule has 0 saturated carbocycles. The number of hydrogen-bond acceptors (Lipinski definition) is 7. The number of aryl methyl sites for hydroxylation is 2. The molecule has 0 fully saturated rings. The Morgan fingerprint density at radius 1 is 0.765 bits per heavy atom. The average Bonchev–Trinajstić information content (AvgIpc) is 2.81. The van der Waals surface area contributed by atoms with Gasteiger partial charge in [0.15, 0.2) is 0 Å². The summed E-state index contributed by atoms with van der Waals surface area (Å²) in [6.45, 7) is 3.84. The molecule has 0 bridgehead atoms. The van der Waals surface area contributed by atoms with E-state index in [1.165, 1.54) is 17.7 Å². The van der Waals surface area contributed by atoms with Crippen LogP contribution in [0.5, 0.6) is 0 Å². The molecule has 1 heterocycles. The number of anilines is 5. The molecule has 0 radical (unpaired) electrons. The maximum Gasteiger partial charge on any atom is 0.263 e. The first kappa shape index (κ1) is 22.8. The summed E-state index contributed by atoms with van der Waals surface area (Å²) >= 11 is 0. The van der Waals surface area contributed by atoms with Crippen LogP contribution >= 0.6 is 0 Å². The van der Waals surface area contributed by atoms with Gasteiger partial charge in [-0.05, 0) is 62.4 Å². The molecule has 3 N–H and O–H groups in total. The summed E-state index contributed by atoms with van der Waals surface area (Å²) in [6, 6.07) is 24.5. The number of nitrogens with zero attached hydrogens (tertiary/aromatic N) is 3. The summed E-state index contributed by atoms with van der Waals surface area (Å²) in [7, 11) is -3.89. The zero-order chi connectivity index (χ0) is 24.1. The van der Waals surface area contributed by atoms with Gasteiger partial charge in [-0.15, -0.1) is 0 Å². The second kappa shape index (κ2) is 9.60. The Morgan fingerprint density at radius 2 is 1.29 bits per heavy atom. The van der Waals surface area contributed by atoms with E-state index in [-0.39, 0.29) is 10.5 Å². The van der Waals surface area contributed by atoms with E-state index in [9.17, 15) is 13.7 Å². The summed E-state index contributed by atoms with van der Waals surface area (Å²) in [5, 5.41) is 15.7. The van der Waals surface area contributed by atoms with Crippen molar-refractivity contribution in [2.45, 2.75) is 18.7 Å². The molecule has 0 amide bonds. The van der Waals surface area contributed by atoms with Crippen LogP contribution in [0.25, 0.3) is 0 Å². The third-order valence-corrected chi connectivity index (χ3v) is 6.31. The number of aromatic nitrogens is 2. The topological polar surface area (TPSA) is 120 Å². The SMILES string of the molecule is Cc1ccc(Nc2cc(Nc3ccc(NS(=O)(=O)c4ccccc4C#N)cc3)nc(C)n2)cc1. The first-order chi connectivity index (χ1) is 16.3. The number of sulfonamides is 1. The van der Waals surface area contributed by atoms with Crippen molar-refractivity contribution in [1.29, 1.82) is 5.26 Å². The third kappa shape index (κ3) is 5.49. The Bertz CT molecular complexity index is 1460. The smallest absolute Gasteiger partial charge is 0.263 e. The molecule has 0 unspecified atom stereocenters. The van der Waals surface area contributed by atoms with Crippen molar-refractivity contribution in [1.82, 2.24) is 9.97 Å². The van der Waals surface area contributed by atoms with Gasteiger partial charge in [-0.3, -0.25) is 4.72 Å². The van der Waals surface area contributed by atoms with E-state index in [2.05, 4.69) is 25.3 Å². The lowest BCUT2D eigenvalue weighted by Gasteiger charge is -2.12. The van der Waals surface area contributed by atoms with E-state index in [1.54, 1.807) is 42.5 Å². The third-order valence-electron chi connectivity index (χ3n) is 4.87. The van der Waals surface area contributed by atoms with Crippen LogP contribution in [0, 0.1) is 25.2 Å². The highest BCUT2D eigenvalue weighted by molar-refractivity contribution is 7.92. The monoisotopic (exact) mass is 470 g/mol. The fourth-order valence-electron chi connectivity index (χ4n) is 3.25. The lowest BCUT2D eigenvalue weighted by Crippen LogP contribution is -2.14. The average molecular weight is 471 g/mol. The van der Waals surface area contributed by atoms with Gasteiger partial charge in [0.25, 0.3) is 10.0 Å². The first-order valence-corrected chi connectivity index (χ1v) is 11.9. The minimum Gasteiger partial charge on any atom is -0.340 e. The van der Waals surface area contributed by atoms with E-state index in [0.29, 0.717) is 23.1 Å². The molecule has 0 aliphatic carbocycles. The second-order valence-electron chi connectivity index (χ2n) is 7.59. The van der Waals surface area contributed by atoms with Gasteiger partial charge in [-0.25, -0.2) is 18.4 Å². The standard InChI is InChI=1S/C25H22N6O2S/c1-17-7-9-20(10-8-17)29-24-15-25(28-18(2)27-24)30-21-11-13-22(14-12-21)31-34(32,33)23-6-4-3-5-19(23)16-26/h3-15,31H,1-2H3,(H2,27,28,29,30). The summed E-state index contributed by atoms with van der Waals surface area (Å²) < 4.78 is 27.9. The molecule has 4 rings (SSSR count). The molecule has 170 valence electrons. The maximum absolute atomic E-state index is 12.7. The van der Waals surface area contributed by atoms with E-state index < -0.39 is 10.0 Å². The molecule has 0 saturated heterocycles. The van der Waals surface area contributed by atoms with Crippen LogP contribution < -0.4 is 15.4 Å². The Morgan fingerprint density at radius 3 is 1.88 bits per heavy atom. The quantitative estimate of drug-likeness (QED) is 0.337. The molecule has 9 heteroatoms. The fraction of sp³-hybridized carbons (Fsp3) is 0.0800. The van der Waals surface area contributed by atoms with Crippen LogP contribution in [0.1, 0.15) is 17.0 Å². The minimum atomic E-state index is -3.89. The summed E-state index contributed by atoms with van der Waals surface area (Å²) in [4.78, 5) is 8.78. The van der Waals surface area contributed by atoms with Gasteiger partial charge in [0.2, 0.25) is 0 Å². The summed E-state index contributed by atoms with van der Waals surface area (Å²) in [6.07, 6.45) is 0. The van der Waals surface area contributed by atoms with Crippen molar-refractivity contribution in [3.05, 3.63) is 95.8 Å². The van der Waals surface area contributed by atoms with Gasteiger partial charge in [0, 0.05) is 23.1 Å². The highest BCUT2D eigenvalue weighted by atomic mass is 32.2. The predicted molar refractivity (Wildman–Crippen MR) is 133 cm³/mol. The van der Waals surface area contributed by atoms with Crippen LogP contribution in [0.15, 0.2) is 83.8 Å². The van der Waals surface area contributed by atoms with Crippen molar-refractivity contribution in [2.24, 2.45) is 0 Å². The molecule has 0 aliphatic heterocycles. The molecule has 1 aromatic heterocycles. The molecule has 0 aliphatic rings. The Labute approximate surface area is 198 Å². The highest BCUT2D eigenvalue weighted by Gasteiger charge is 2.18. The van der Waals surface area contributed by atoms with Crippen LogP contribution in [0.2, 0.25) is 0 Å². The number of rotatable bonds is 7. The molecule has 34 heavy (non-hydrogen) atoms. The predicted octanol–water partition coefficient (Wildman–Crippen LogP) is 5.25. The Hall–Kier alpha value is -4.42. The maximum atomic E-state index is 12.7. The zero-order valence-corrected chi connectivity index (χ0v) is 19.4. The molecule has 4 aromatic rings. The highest BCUT2D eigenvalue weighted by Crippen LogP contribution is 2.24. The van der Waals surface area contributed by atoms with E-state index in [1.807, 2.05) is 44.2 Å². The van der Waals surface area contributed by atoms with Crippen LogP contribution in [0.3, 0.4) is 0 Å².